The van der Waals surface area contributed by atoms with Gasteiger partial charge in [-0.2, -0.15) is 0 Å². The van der Waals surface area contributed by atoms with E-state index in [0.717, 1.165) is 23.6 Å². The van der Waals surface area contributed by atoms with Gasteiger partial charge in [-0.15, -0.1) is 11.3 Å². The minimum atomic E-state index is -0.668. The van der Waals surface area contributed by atoms with E-state index in [-0.39, 0.29) is 0 Å². The highest BCUT2D eigenvalue weighted by Gasteiger charge is 2.37. The third-order valence-electron chi connectivity index (χ3n) is 4.66. The summed E-state index contributed by atoms with van der Waals surface area (Å²) in [6.45, 7) is 4.33. The minimum absolute atomic E-state index is 0.407. The Labute approximate surface area is 119 Å². The van der Waals surface area contributed by atoms with Gasteiger partial charge in [0.25, 0.3) is 0 Å². The molecule has 3 rings (SSSR count). The number of fused-ring (bicyclic) bond motifs is 1. The molecule has 0 saturated heterocycles. The Hall–Kier alpha value is -0.860. The molecule has 0 amide bonds. The van der Waals surface area contributed by atoms with E-state index in [9.17, 15) is 5.11 Å². The molecule has 1 fully saturated rings. The average Bonchev–Trinajstić information content (AvgIpc) is 2.83. The molecule has 1 heterocycles. The topological polar surface area (TPSA) is 20.2 Å². The molecule has 102 valence electrons. The van der Waals surface area contributed by atoms with Crippen LogP contribution < -0.4 is 0 Å². The number of hydrogen-bond donors (Lipinski definition) is 1. The lowest BCUT2D eigenvalue weighted by Crippen LogP contribution is -2.34. The zero-order valence-electron chi connectivity index (χ0n) is 11.7. The van der Waals surface area contributed by atoms with Gasteiger partial charge >= 0.3 is 0 Å². The smallest absolute Gasteiger partial charge is 0.0988 e. The first-order valence-corrected chi connectivity index (χ1v) is 8.10. The number of aliphatic hydroxyl groups is 1. The summed E-state index contributed by atoms with van der Waals surface area (Å²) in [5.74, 6) is 1.16. The second-order valence-electron chi connectivity index (χ2n) is 6.26. The molecule has 0 radical (unpaired) electrons. The van der Waals surface area contributed by atoms with Crippen molar-refractivity contribution in [1.29, 1.82) is 0 Å². The summed E-state index contributed by atoms with van der Waals surface area (Å²) < 4.78 is 1.28. The van der Waals surface area contributed by atoms with Gasteiger partial charge in [0.2, 0.25) is 0 Å². The Morgan fingerprint density at radius 3 is 2.79 bits per heavy atom. The van der Waals surface area contributed by atoms with Crippen molar-refractivity contribution in [2.24, 2.45) is 11.8 Å². The molecule has 0 spiro atoms. The van der Waals surface area contributed by atoms with E-state index in [1.807, 2.05) is 6.92 Å². The molecule has 3 unspecified atom stereocenters. The molecule has 2 aromatic rings. The van der Waals surface area contributed by atoms with E-state index in [1.165, 1.54) is 22.9 Å². The largest absolute Gasteiger partial charge is 0.384 e. The first-order valence-electron chi connectivity index (χ1n) is 7.29. The van der Waals surface area contributed by atoms with Crippen LogP contribution in [0.3, 0.4) is 0 Å². The first kappa shape index (κ1) is 13.1. The highest BCUT2D eigenvalue weighted by Crippen LogP contribution is 2.44. The predicted molar refractivity (Wildman–Crippen MR) is 82.5 cm³/mol. The van der Waals surface area contributed by atoms with Crippen molar-refractivity contribution in [1.82, 2.24) is 0 Å². The third kappa shape index (κ3) is 2.44. The number of thiophene rings is 1. The van der Waals surface area contributed by atoms with Crippen LogP contribution in [0.2, 0.25) is 0 Å². The number of hydrogen-bond acceptors (Lipinski definition) is 2. The summed E-state index contributed by atoms with van der Waals surface area (Å²) in [7, 11) is 0. The van der Waals surface area contributed by atoms with Gasteiger partial charge < -0.3 is 5.11 Å². The van der Waals surface area contributed by atoms with E-state index < -0.39 is 5.60 Å². The summed E-state index contributed by atoms with van der Waals surface area (Å²) in [5.41, 5.74) is -0.668. The summed E-state index contributed by atoms with van der Waals surface area (Å²) in [6.07, 6.45) is 4.89. The normalized spacial score (nSPS) is 27.3. The van der Waals surface area contributed by atoms with Gasteiger partial charge in [0.15, 0.2) is 0 Å². The molecule has 1 aliphatic rings. The van der Waals surface area contributed by atoms with Crippen molar-refractivity contribution in [3.8, 4) is 0 Å². The first-order chi connectivity index (χ1) is 9.07. The fourth-order valence-corrected chi connectivity index (χ4v) is 4.56. The standard InChI is InChI=1S/C17H22OS/c1-12-6-5-8-14(10-12)17(2,18)16-11-13-7-3-4-9-15(13)19-16/h3-4,7,9,11-12,14,18H,5-6,8,10H2,1-2H3. The molecule has 1 aliphatic carbocycles. The van der Waals surface area contributed by atoms with Crippen molar-refractivity contribution < 1.29 is 5.11 Å². The Balaban J connectivity index is 1.94. The Morgan fingerprint density at radius 2 is 2.05 bits per heavy atom. The molecule has 2 heteroatoms. The molecule has 1 nitrogen and oxygen atoms in total. The fraction of sp³-hybridized carbons (Fsp3) is 0.529. The van der Waals surface area contributed by atoms with Crippen molar-refractivity contribution in [3.05, 3.63) is 35.2 Å². The average molecular weight is 274 g/mol. The molecule has 0 aliphatic heterocycles. The number of benzene rings is 1. The van der Waals surface area contributed by atoms with Crippen LogP contribution in [0.5, 0.6) is 0 Å². The minimum Gasteiger partial charge on any atom is -0.384 e. The third-order valence-corrected chi connectivity index (χ3v) is 6.00. The second kappa shape index (κ2) is 4.92. The van der Waals surface area contributed by atoms with Gasteiger partial charge in [-0.1, -0.05) is 38.0 Å². The molecule has 1 saturated carbocycles. The molecule has 0 bridgehead atoms. The van der Waals surface area contributed by atoms with E-state index in [4.69, 9.17) is 0 Å². The molecule has 1 N–H and O–H groups in total. The maximum atomic E-state index is 11.0. The van der Waals surface area contributed by atoms with Crippen molar-refractivity contribution in [2.75, 3.05) is 0 Å². The van der Waals surface area contributed by atoms with Crippen LogP contribution in [0, 0.1) is 11.8 Å². The fourth-order valence-electron chi connectivity index (χ4n) is 3.38. The van der Waals surface area contributed by atoms with Crippen LogP contribution in [0.25, 0.3) is 10.1 Å². The highest BCUT2D eigenvalue weighted by molar-refractivity contribution is 7.19. The molecule has 3 atom stereocenters. The molecular weight excluding hydrogens is 252 g/mol. The van der Waals surface area contributed by atoms with Gasteiger partial charge in [0, 0.05) is 9.58 Å². The quantitative estimate of drug-likeness (QED) is 0.822. The maximum Gasteiger partial charge on any atom is 0.0988 e. The second-order valence-corrected chi connectivity index (χ2v) is 7.35. The zero-order valence-corrected chi connectivity index (χ0v) is 12.5. The molecule has 1 aromatic heterocycles. The van der Waals surface area contributed by atoms with Crippen LogP contribution in [-0.4, -0.2) is 5.11 Å². The molecule has 1 aromatic carbocycles. The van der Waals surface area contributed by atoms with Crippen LogP contribution >= 0.6 is 11.3 Å². The lowest BCUT2D eigenvalue weighted by Gasteiger charge is -2.37. The highest BCUT2D eigenvalue weighted by atomic mass is 32.1. The van der Waals surface area contributed by atoms with Crippen molar-refractivity contribution in [2.45, 2.75) is 45.1 Å². The van der Waals surface area contributed by atoms with E-state index in [1.54, 1.807) is 11.3 Å². The van der Waals surface area contributed by atoms with E-state index in [2.05, 4.69) is 37.3 Å². The van der Waals surface area contributed by atoms with Crippen molar-refractivity contribution in [3.63, 3.8) is 0 Å². The van der Waals surface area contributed by atoms with E-state index >= 15 is 0 Å². The Kier molecular flexibility index (Phi) is 3.40. The van der Waals surface area contributed by atoms with Crippen LogP contribution in [0.4, 0.5) is 0 Å². The monoisotopic (exact) mass is 274 g/mol. The Bertz CT molecular complexity index is 536. The summed E-state index contributed by atoms with van der Waals surface area (Å²) in [4.78, 5) is 1.13. The lowest BCUT2D eigenvalue weighted by molar-refractivity contribution is -0.0262. The molecule has 19 heavy (non-hydrogen) atoms. The van der Waals surface area contributed by atoms with Crippen molar-refractivity contribution >= 4 is 21.4 Å². The Morgan fingerprint density at radius 1 is 1.26 bits per heavy atom. The maximum absolute atomic E-state index is 11.0. The van der Waals surface area contributed by atoms with Gasteiger partial charge in [-0.3, -0.25) is 0 Å². The molecular formula is C17H22OS. The summed E-state index contributed by atoms with van der Waals surface area (Å²) in [6, 6.07) is 10.6. The number of rotatable bonds is 2. The van der Waals surface area contributed by atoms with Crippen LogP contribution in [0.1, 0.15) is 44.4 Å². The SMILES string of the molecule is CC1CCCC(C(C)(O)c2cc3ccccc3s2)C1. The van der Waals surface area contributed by atoms with Gasteiger partial charge in [0.05, 0.1) is 5.60 Å². The summed E-state index contributed by atoms with van der Waals surface area (Å²) in [5, 5.41) is 12.3. The van der Waals surface area contributed by atoms with Gasteiger partial charge in [0.1, 0.15) is 0 Å². The van der Waals surface area contributed by atoms with E-state index in [0.29, 0.717) is 5.92 Å². The van der Waals surface area contributed by atoms with Crippen LogP contribution in [-0.2, 0) is 5.60 Å². The predicted octanol–water partition coefficient (Wildman–Crippen LogP) is 4.94. The van der Waals surface area contributed by atoms with Crippen LogP contribution in [0.15, 0.2) is 30.3 Å². The lowest BCUT2D eigenvalue weighted by atomic mass is 9.73. The zero-order chi connectivity index (χ0) is 13.5. The van der Waals surface area contributed by atoms with Gasteiger partial charge in [-0.25, -0.2) is 0 Å². The summed E-state index contributed by atoms with van der Waals surface area (Å²) >= 11 is 1.75. The van der Waals surface area contributed by atoms with Gasteiger partial charge in [-0.05, 0) is 49.1 Å².